The van der Waals surface area contributed by atoms with Gasteiger partial charge in [-0.2, -0.15) is 0 Å². The van der Waals surface area contributed by atoms with Gasteiger partial charge in [-0.3, -0.25) is 0 Å². The molecule has 0 aliphatic heterocycles. The molecule has 0 atom stereocenters. The summed E-state index contributed by atoms with van der Waals surface area (Å²) < 4.78 is 0. The van der Waals surface area contributed by atoms with Crippen LogP contribution in [0.25, 0.3) is 11.1 Å². The number of rotatable bonds is 2. The standard InChI is InChI=1S/C20H25Cl/c1-13(2)16-9-7-14(3)11-17(16)18-12-15(21)8-10-19(18)20(4,5)6/h7-13H,1-6H3. The molecule has 0 bridgehead atoms. The first-order valence-corrected chi connectivity index (χ1v) is 7.99. The average molecular weight is 301 g/mol. The van der Waals surface area contributed by atoms with Gasteiger partial charge in [0.2, 0.25) is 0 Å². The molecule has 0 aliphatic rings. The molecule has 0 radical (unpaired) electrons. The zero-order valence-electron chi connectivity index (χ0n) is 13.9. The number of hydrogen-bond acceptors (Lipinski definition) is 0. The number of benzene rings is 2. The predicted octanol–water partition coefficient (Wildman–Crippen LogP) is 6.74. The normalized spacial score (nSPS) is 12.0. The topological polar surface area (TPSA) is 0 Å². The fourth-order valence-corrected chi connectivity index (χ4v) is 2.97. The molecule has 0 nitrogen and oxygen atoms in total. The maximum atomic E-state index is 6.29. The van der Waals surface area contributed by atoms with Crippen LogP contribution in [-0.2, 0) is 5.41 Å². The van der Waals surface area contributed by atoms with Crippen LogP contribution in [0.5, 0.6) is 0 Å². The zero-order valence-corrected chi connectivity index (χ0v) is 14.7. The molecule has 0 unspecified atom stereocenters. The maximum Gasteiger partial charge on any atom is 0.0412 e. The van der Waals surface area contributed by atoms with Gasteiger partial charge in [-0.05, 0) is 52.6 Å². The summed E-state index contributed by atoms with van der Waals surface area (Å²) in [5.74, 6) is 0.493. The van der Waals surface area contributed by atoms with Gasteiger partial charge in [-0.1, -0.05) is 76.0 Å². The highest BCUT2D eigenvalue weighted by Gasteiger charge is 2.21. The van der Waals surface area contributed by atoms with Crippen molar-refractivity contribution in [2.24, 2.45) is 0 Å². The van der Waals surface area contributed by atoms with Gasteiger partial charge in [0, 0.05) is 5.02 Å². The molecular weight excluding hydrogens is 276 g/mol. The Bertz CT molecular complexity index is 645. The maximum absolute atomic E-state index is 6.29. The lowest BCUT2D eigenvalue weighted by Gasteiger charge is -2.25. The summed E-state index contributed by atoms with van der Waals surface area (Å²) in [6, 6.07) is 13.0. The van der Waals surface area contributed by atoms with Gasteiger partial charge in [-0.25, -0.2) is 0 Å². The van der Waals surface area contributed by atoms with Crippen molar-refractivity contribution >= 4 is 11.6 Å². The second-order valence-corrected chi connectivity index (χ2v) is 7.62. The SMILES string of the molecule is Cc1ccc(C(C)C)c(-c2cc(Cl)ccc2C(C)(C)C)c1. The molecule has 0 fully saturated rings. The van der Waals surface area contributed by atoms with Crippen LogP contribution in [0.15, 0.2) is 36.4 Å². The molecule has 0 amide bonds. The Labute approximate surface area is 134 Å². The van der Waals surface area contributed by atoms with Crippen molar-refractivity contribution in [2.45, 2.75) is 52.9 Å². The van der Waals surface area contributed by atoms with Crippen molar-refractivity contribution in [3.63, 3.8) is 0 Å². The van der Waals surface area contributed by atoms with Crippen molar-refractivity contribution in [3.05, 3.63) is 58.1 Å². The fraction of sp³-hybridized carbons (Fsp3) is 0.400. The second kappa shape index (κ2) is 5.85. The van der Waals surface area contributed by atoms with Gasteiger partial charge in [-0.15, -0.1) is 0 Å². The summed E-state index contributed by atoms with van der Waals surface area (Å²) in [5.41, 5.74) is 6.69. The Balaban J connectivity index is 2.78. The van der Waals surface area contributed by atoms with E-state index in [2.05, 4.69) is 71.9 Å². The highest BCUT2D eigenvalue weighted by molar-refractivity contribution is 6.30. The monoisotopic (exact) mass is 300 g/mol. The van der Waals surface area contributed by atoms with Crippen molar-refractivity contribution in [2.75, 3.05) is 0 Å². The first-order chi connectivity index (χ1) is 9.70. The summed E-state index contributed by atoms with van der Waals surface area (Å²) in [6.45, 7) is 13.4. The van der Waals surface area contributed by atoms with Crippen molar-refractivity contribution in [1.29, 1.82) is 0 Å². The van der Waals surface area contributed by atoms with E-state index in [4.69, 9.17) is 11.6 Å². The van der Waals surface area contributed by atoms with Gasteiger partial charge in [0.15, 0.2) is 0 Å². The van der Waals surface area contributed by atoms with Gasteiger partial charge in [0.1, 0.15) is 0 Å². The van der Waals surface area contributed by atoms with E-state index in [1.807, 2.05) is 6.07 Å². The third-order valence-corrected chi connectivity index (χ3v) is 4.15. The summed E-state index contributed by atoms with van der Waals surface area (Å²) >= 11 is 6.29. The smallest absolute Gasteiger partial charge is 0.0412 e. The van der Waals surface area contributed by atoms with Gasteiger partial charge >= 0.3 is 0 Å². The van der Waals surface area contributed by atoms with Crippen LogP contribution in [0, 0.1) is 6.92 Å². The third kappa shape index (κ3) is 3.49. The number of halogens is 1. The summed E-state index contributed by atoms with van der Waals surface area (Å²) in [7, 11) is 0. The highest BCUT2D eigenvalue weighted by atomic mass is 35.5. The Morgan fingerprint density at radius 2 is 1.57 bits per heavy atom. The van der Waals surface area contributed by atoms with E-state index in [0.29, 0.717) is 5.92 Å². The Morgan fingerprint density at radius 3 is 2.14 bits per heavy atom. The molecule has 1 heteroatoms. The van der Waals surface area contributed by atoms with Gasteiger partial charge in [0.05, 0.1) is 0 Å². The summed E-state index contributed by atoms with van der Waals surface area (Å²) in [5, 5.41) is 0.800. The molecule has 2 aromatic rings. The summed E-state index contributed by atoms with van der Waals surface area (Å²) in [6.07, 6.45) is 0. The average Bonchev–Trinajstić information content (AvgIpc) is 2.36. The van der Waals surface area contributed by atoms with E-state index in [0.717, 1.165) is 5.02 Å². The van der Waals surface area contributed by atoms with Crippen molar-refractivity contribution in [1.82, 2.24) is 0 Å². The van der Waals surface area contributed by atoms with Gasteiger partial charge in [0.25, 0.3) is 0 Å². The minimum atomic E-state index is 0.0952. The van der Waals surface area contributed by atoms with Crippen LogP contribution in [0.3, 0.4) is 0 Å². The van der Waals surface area contributed by atoms with E-state index < -0.39 is 0 Å². The Kier molecular flexibility index (Phi) is 4.49. The quantitative estimate of drug-likeness (QED) is 0.576. The van der Waals surface area contributed by atoms with Crippen LogP contribution >= 0.6 is 11.6 Å². The molecule has 2 aromatic carbocycles. The minimum Gasteiger partial charge on any atom is -0.0843 e. The number of aryl methyl sites for hydroxylation is 1. The highest BCUT2D eigenvalue weighted by Crippen LogP contribution is 2.38. The van der Waals surface area contributed by atoms with Crippen LogP contribution in [0.2, 0.25) is 5.02 Å². The van der Waals surface area contributed by atoms with E-state index in [-0.39, 0.29) is 5.41 Å². The van der Waals surface area contributed by atoms with Crippen molar-refractivity contribution in [3.8, 4) is 11.1 Å². The van der Waals surface area contributed by atoms with Crippen LogP contribution in [0.4, 0.5) is 0 Å². The lowest BCUT2D eigenvalue weighted by atomic mass is 9.79. The molecule has 112 valence electrons. The van der Waals surface area contributed by atoms with Crippen LogP contribution in [-0.4, -0.2) is 0 Å². The Morgan fingerprint density at radius 1 is 0.905 bits per heavy atom. The number of hydrogen-bond donors (Lipinski definition) is 0. The van der Waals surface area contributed by atoms with Crippen LogP contribution in [0.1, 0.15) is 57.2 Å². The lowest BCUT2D eigenvalue weighted by molar-refractivity contribution is 0.592. The van der Waals surface area contributed by atoms with E-state index in [9.17, 15) is 0 Å². The summed E-state index contributed by atoms with van der Waals surface area (Å²) in [4.78, 5) is 0. The molecule has 2 rings (SSSR count). The molecule has 0 saturated heterocycles. The largest absolute Gasteiger partial charge is 0.0843 e. The van der Waals surface area contributed by atoms with Crippen molar-refractivity contribution < 1.29 is 0 Å². The molecule has 0 saturated carbocycles. The molecule has 0 aliphatic carbocycles. The zero-order chi connectivity index (χ0) is 15.8. The molecule has 0 aromatic heterocycles. The molecule has 0 spiro atoms. The van der Waals surface area contributed by atoms with E-state index >= 15 is 0 Å². The van der Waals surface area contributed by atoms with Crippen LogP contribution < -0.4 is 0 Å². The lowest BCUT2D eigenvalue weighted by Crippen LogP contribution is -2.13. The molecule has 21 heavy (non-hydrogen) atoms. The molecule has 0 heterocycles. The molecule has 0 N–H and O–H groups in total. The molecular formula is C20H25Cl. The Hall–Kier alpha value is -1.27. The van der Waals surface area contributed by atoms with E-state index in [1.54, 1.807) is 0 Å². The first kappa shape index (κ1) is 16.1. The third-order valence-electron chi connectivity index (χ3n) is 3.91. The van der Waals surface area contributed by atoms with E-state index in [1.165, 1.54) is 27.8 Å². The predicted molar refractivity (Wildman–Crippen MR) is 94.4 cm³/mol. The van der Waals surface area contributed by atoms with Gasteiger partial charge < -0.3 is 0 Å². The minimum absolute atomic E-state index is 0.0952. The second-order valence-electron chi connectivity index (χ2n) is 7.19. The first-order valence-electron chi connectivity index (χ1n) is 7.61. The fourth-order valence-electron chi connectivity index (χ4n) is 2.80.